The second kappa shape index (κ2) is 4.26. The Balaban J connectivity index is 2.02. The van der Waals surface area contributed by atoms with E-state index in [0.29, 0.717) is 23.4 Å². The van der Waals surface area contributed by atoms with Crippen molar-refractivity contribution in [3.8, 4) is 5.75 Å². The molecule has 1 heterocycles. The maximum absolute atomic E-state index is 13.2. The first-order chi connectivity index (χ1) is 8.72. The summed E-state index contributed by atoms with van der Waals surface area (Å²) in [5.74, 6) is 0.301. The van der Waals surface area contributed by atoms with Gasteiger partial charge in [0.25, 0.3) is 0 Å². The summed E-state index contributed by atoms with van der Waals surface area (Å²) in [6.45, 7) is 0. The molecule has 1 N–H and O–H groups in total. The lowest BCUT2D eigenvalue weighted by atomic mass is 9.78. The van der Waals surface area contributed by atoms with E-state index in [1.807, 2.05) is 0 Å². The summed E-state index contributed by atoms with van der Waals surface area (Å²) in [6, 6.07) is 4.39. The van der Waals surface area contributed by atoms with Crippen molar-refractivity contribution < 1.29 is 14.3 Å². The Morgan fingerprint density at radius 2 is 2.00 bits per heavy atom. The summed E-state index contributed by atoms with van der Waals surface area (Å²) in [5.41, 5.74) is 0.872. The van der Waals surface area contributed by atoms with Gasteiger partial charge in [-0.3, -0.25) is 0 Å². The summed E-state index contributed by atoms with van der Waals surface area (Å²) in [4.78, 5) is 0. The lowest BCUT2D eigenvalue weighted by molar-refractivity contribution is 0.0312. The summed E-state index contributed by atoms with van der Waals surface area (Å²) in [5, 5.41) is 12.5. The van der Waals surface area contributed by atoms with Crippen molar-refractivity contribution in [2.45, 2.75) is 44.1 Å². The number of rotatable bonds is 0. The topological polar surface area (TPSA) is 41.8 Å². The molecule has 0 unspecified atom stereocenters. The fraction of sp³-hybridized carbons (Fsp3) is 0.500. The van der Waals surface area contributed by atoms with Gasteiger partial charge in [-0.25, -0.2) is 4.39 Å². The quantitative estimate of drug-likeness (QED) is 0.565. The van der Waals surface area contributed by atoms with Gasteiger partial charge in [0.1, 0.15) is 17.2 Å². The van der Waals surface area contributed by atoms with Crippen molar-refractivity contribution in [2.75, 3.05) is 0 Å². The van der Waals surface area contributed by atoms with Gasteiger partial charge in [-0.05, 0) is 43.9 Å². The van der Waals surface area contributed by atoms with Gasteiger partial charge in [0.15, 0.2) is 0 Å². The number of nitrogens with zero attached hydrogens (tertiary/aromatic N) is 1. The molecule has 0 atom stereocenters. The highest BCUT2D eigenvalue weighted by Gasteiger charge is 2.40. The molecular formula is C14H16FNO2. The molecule has 96 valence electrons. The molecule has 1 aromatic carbocycles. The Bertz CT molecular complexity index is 493. The first-order valence-electron chi connectivity index (χ1n) is 6.42. The SMILES string of the molecule is ON=C1CC2(CCCCC2)Oc2ccc(F)cc21. The van der Waals surface area contributed by atoms with E-state index < -0.39 is 0 Å². The van der Waals surface area contributed by atoms with Gasteiger partial charge in [-0.2, -0.15) is 0 Å². The van der Waals surface area contributed by atoms with Crippen molar-refractivity contribution in [2.24, 2.45) is 5.16 Å². The lowest BCUT2D eigenvalue weighted by Gasteiger charge is -2.41. The van der Waals surface area contributed by atoms with Crippen molar-refractivity contribution in [3.63, 3.8) is 0 Å². The zero-order chi connectivity index (χ0) is 12.6. The van der Waals surface area contributed by atoms with E-state index in [0.717, 1.165) is 25.7 Å². The van der Waals surface area contributed by atoms with Gasteiger partial charge in [0.05, 0.1) is 5.71 Å². The van der Waals surface area contributed by atoms with E-state index in [1.165, 1.54) is 18.6 Å². The van der Waals surface area contributed by atoms with Crippen LogP contribution in [0.5, 0.6) is 5.75 Å². The smallest absolute Gasteiger partial charge is 0.129 e. The fourth-order valence-electron chi connectivity index (χ4n) is 3.05. The zero-order valence-electron chi connectivity index (χ0n) is 10.2. The van der Waals surface area contributed by atoms with E-state index in [1.54, 1.807) is 6.07 Å². The number of oxime groups is 1. The number of ether oxygens (including phenoxy) is 1. The van der Waals surface area contributed by atoms with E-state index in [4.69, 9.17) is 9.94 Å². The lowest BCUT2D eigenvalue weighted by Crippen LogP contribution is -2.43. The molecule has 0 bridgehead atoms. The van der Waals surface area contributed by atoms with Crippen LogP contribution in [0.2, 0.25) is 0 Å². The Morgan fingerprint density at radius 1 is 1.22 bits per heavy atom. The third-order valence-corrected chi connectivity index (χ3v) is 3.95. The van der Waals surface area contributed by atoms with Gasteiger partial charge < -0.3 is 9.94 Å². The van der Waals surface area contributed by atoms with Crippen LogP contribution >= 0.6 is 0 Å². The van der Waals surface area contributed by atoms with Crippen molar-refractivity contribution in [1.82, 2.24) is 0 Å². The van der Waals surface area contributed by atoms with Crippen molar-refractivity contribution >= 4 is 5.71 Å². The molecule has 18 heavy (non-hydrogen) atoms. The normalized spacial score (nSPS) is 23.7. The molecule has 3 rings (SSSR count). The fourth-order valence-corrected chi connectivity index (χ4v) is 3.05. The van der Waals surface area contributed by atoms with E-state index in [9.17, 15) is 4.39 Å². The van der Waals surface area contributed by atoms with E-state index in [-0.39, 0.29) is 11.4 Å². The summed E-state index contributed by atoms with van der Waals surface area (Å²) < 4.78 is 19.3. The van der Waals surface area contributed by atoms with Crippen LogP contribution in [0.3, 0.4) is 0 Å². The summed E-state index contributed by atoms with van der Waals surface area (Å²) >= 11 is 0. The Morgan fingerprint density at radius 3 is 2.72 bits per heavy atom. The third-order valence-electron chi connectivity index (χ3n) is 3.95. The molecule has 1 fully saturated rings. The standard InChI is InChI=1S/C14H16FNO2/c15-10-4-5-13-11(8-10)12(16-17)9-14(18-13)6-2-1-3-7-14/h4-5,8,17H,1-3,6-7,9H2. The predicted molar refractivity (Wildman–Crippen MR) is 65.8 cm³/mol. The molecule has 0 aromatic heterocycles. The van der Waals surface area contributed by atoms with Gasteiger partial charge in [-0.15, -0.1) is 0 Å². The average molecular weight is 249 g/mol. The highest BCUT2D eigenvalue weighted by molar-refractivity contribution is 6.04. The molecule has 1 aromatic rings. The molecule has 1 saturated carbocycles. The third kappa shape index (κ3) is 1.85. The number of halogens is 1. The molecule has 0 saturated heterocycles. The van der Waals surface area contributed by atoms with Crippen molar-refractivity contribution in [1.29, 1.82) is 0 Å². The number of fused-ring (bicyclic) bond motifs is 1. The molecule has 0 radical (unpaired) electrons. The first-order valence-corrected chi connectivity index (χ1v) is 6.42. The Kier molecular flexibility index (Phi) is 2.73. The highest BCUT2D eigenvalue weighted by atomic mass is 19.1. The molecular weight excluding hydrogens is 233 g/mol. The van der Waals surface area contributed by atoms with Gasteiger partial charge >= 0.3 is 0 Å². The molecule has 4 heteroatoms. The highest BCUT2D eigenvalue weighted by Crippen LogP contribution is 2.42. The van der Waals surface area contributed by atoms with E-state index in [2.05, 4.69) is 5.16 Å². The van der Waals surface area contributed by atoms with Crippen LogP contribution in [0.15, 0.2) is 23.4 Å². The zero-order valence-corrected chi connectivity index (χ0v) is 10.2. The van der Waals surface area contributed by atoms with Crippen LogP contribution in [0.25, 0.3) is 0 Å². The minimum Gasteiger partial charge on any atom is -0.486 e. The Labute approximate surface area is 105 Å². The summed E-state index contributed by atoms with van der Waals surface area (Å²) in [6.07, 6.45) is 6.02. The molecule has 1 aliphatic heterocycles. The van der Waals surface area contributed by atoms with Crippen LogP contribution in [-0.2, 0) is 0 Å². The molecule has 0 amide bonds. The second-order valence-corrected chi connectivity index (χ2v) is 5.21. The van der Waals surface area contributed by atoms with Crippen LogP contribution < -0.4 is 4.74 Å². The predicted octanol–water partition coefficient (Wildman–Crippen LogP) is 3.49. The molecule has 2 aliphatic rings. The number of benzene rings is 1. The van der Waals surface area contributed by atoms with Gasteiger partial charge in [0.2, 0.25) is 0 Å². The van der Waals surface area contributed by atoms with Crippen molar-refractivity contribution in [3.05, 3.63) is 29.6 Å². The molecule has 1 spiro atoms. The minimum atomic E-state index is -0.335. The minimum absolute atomic E-state index is 0.245. The van der Waals surface area contributed by atoms with Crippen LogP contribution in [0, 0.1) is 5.82 Å². The van der Waals surface area contributed by atoms with Crippen LogP contribution in [0.4, 0.5) is 4.39 Å². The number of hydrogen-bond donors (Lipinski definition) is 1. The second-order valence-electron chi connectivity index (χ2n) is 5.21. The molecule has 3 nitrogen and oxygen atoms in total. The van der Waals surface area contributed by atoms with Gasteiger partial charge in [-0.1, -0.05) is 11.6 Å². The average Bonchev–Trinajstić information content (AvgIpc) is 2.39. The monoisotopic (exact) mass is 249 g/mol. The molecule has 1 aliphatic carbocycles. The maximum Gasteiger partial charge on any atom is 0.129 e. The van der Waals surface area contributed by atoms with Crippen LogP contribution in [0.1, 0.15) is 44.1 Å². The van der Waals surface area contributed by atoms with Gasteiger partial charge in [0, 0.05) is 12.0 Å². The Hall–Kier alpha value is -1.58. The largest absolute Gasteiger partial charge is 0.486 e. The van der Waals surface area contributed by atoms with E-state index >= 15 is 0 Å². The van der Waals surface area contributed by atoms with Crippen LogP contribution in [-0.4, -0.2) is 16.5 Å². The summed E-state index contributed by atoms with van der Waals surface area (Å²) in [7, 11) is 0. The first kappa shape index (κ1) is 11.5. The maximum atomic E-state index is 13.2. The number of hydrogen-bond acceptors (Lipinski definition) is 3.